The Kier molecular flexibility index (Phi) is 2.98. The Morgan fingerprint density at radius 1 is 1.60 bits per heavy atom. The van der Waals surface area contributed by atoms with Crippen LogP contribution in [0, 0.1) is 0 Å². The topological polar surface area (TPSA) is 90.0 Å². The van der Waals surface area contributed by atoms with Crippen LogP contribution in [-0.2, 0) is 7.05 Å². The van der Waals surface area contributed by atoms with Crippen LogP contribution in [0.5, 0.6) is 0 Å². The molecule has 0 fully saturated rings. The molecule has 82 valence electrons. The number of carbonyl (C=O) groups is 2. The number of primary amides is 1. The molecule has 0 atom stereocenters. The predicted molar refractivity (Wildman–Crippen MR) is 45.2 cm³/mol. The zero-order chi connectivity index (χ0) is 11.6. The second kappa shape index (κ2) is 4.03. The number of nitrogens with zero attached hydrogens (tertiary/aromatic N) is 2. The molecule has 3 N–H and O–H groups in total. The van der Waals surface area contributed by atoms with E-state index in [1.165, 1.54) is 7.05 Å². The number of halogens is 2. The molecule has 1 aromatic rings. The zero-order valence-corrected chi connectivity index (χ0v) is 7.70. The predicted octanol–water partition coefficient (Wildman–Crippen LogP) is 0.166. The lowest BCUT2D eigenvalue weighted by Gasteiger charge is -1.99. The Morgan fingerprint density at radius 2 is 2.20 bits per heavy atom. The number of carbonyl (C=O) groups excluding carboxylic acids is 2. The quantitative estimate of drug-likeness (QED) is 0.741. The molecule has 0 saturated carbocycles. The largest absolute Gasteiger partial charge is 0.351 e. The maximum Gasteiger partial charge on any atom is 0.319 e. The van der Waals surface area contributed by atoms with Crippen LogP contribution in [0.4, 0.5) is 13.6 Å². The molecule has 0 bridgehead atoms. The summed E-state index contributed by atoms with van der Waals surface area (Å²) in [5.74, 6) is -0.995. The van der Waals surface area contributed by atoms with Crippen LogP contribution in [-0.4, -0.2) is 21.7 Å². The Bertz CT molecular complexity index is 402. The minimum Gasteiger partial charge on any atom is -0.351 e. The third kappa shape index (κ3) is 2.48. The minimum atomic E-state index is -2.89. The van der Waals surface area contributed by atoms with E-state index in [-0.39, 0.29) is 5.56 Å². The van der Waals surface area contributed by atoms with E-state index in [2.05, 4.69) is 10.8 Å². The summed E-state index contributed by atoms with van der Waals surface area (Å²) in [7, 11) is 1.38. The molecule has 3 amide bonds. The number of rotatable bonds is 2. The third-order valence-electron chi connectivity index (χ3n) is 1.55. The smallest absolute Gasteiger partial charge is 0.319 e. The van der Waals surface area contributed by atoms with E-state index in [0.29, 0.717) is 0 Å². The van der Waals surface area contributed by atoms with E-state index in [1.54, 1.807) is 5.32 Å². The first-order valence-electron chi connectivity index (χ1n) is 3.84. The Balaban J connectivity index is 3.02. The first-order valence-corrected chi connectivity index (χ1v) is 3.84. The number of nitrogens with two attached hydrogens (primary N) is 1. The van der Waals surface area contributed by atoms with Gasteiger partial charge in [0, 0.05) is 13.2 Å². The fourth-order valence-electron chi connectivity index (χ4n) is 1.02. The number of aryl methyl sites for hydroxylation is 1. The summed E-state index contributed by atoms with van der Waals surface area (Å²) in [4.78, 5) is 21.5. The zero-order valence-electron chi connectivity index (χ0n) is 7.70. The summed E-state index contributed by atoms with van der Waals surface area (Å²) >= 11 is 0. The molecule has 8 heteroatoms. The highest BCUT2D eigenvalue weighted by atomic mass is 19.3. The van der Waals surface area contributed by atoms with Gasteiger partial charge in [-0.25, -0.2) is 13.6 Å². The Hall–Kier alpha value is -1.99. The molecule has 1 aromatic heterocycles. The number of urea groups is 1. The van der Waals surface area contributed by atoms with E-state index in [4.69, 9.17) is 0 Å². The summed E-state index contributed by atoms with van der Waals surface area (Å²) < 4.78 is 25.8. The number of alkyl halides is 2. The van der Waals surface area contributed by atoms with Crippen molar-refractivity contribution in [3.8, 4) is 0 Å². The van der Waals surface area contributed by atoms with Gasteiger partial charge < -0.3 is 5.73 Å². The van der Waals surface area contributed by atoms with Crippen LogP contribution in [0.1, 0.15) is 22.5 Å². The van der Waals surface area contributed by atoms with Gasteiger partial charge in [-0.05, 0) is 0 Å². The molecular weight excluding hydrogens is 210 g/mol. The highest BCUT2D eigenvalue weighted by molar-refractivity contribution is 6.04. The molecule has 1 rings (SSSR count). The number of hydrogen-bond acceptors (Lipinski definition) is 3. The van der Waals surface area contributed by atoms with Crippen molar-refractivity contribution in [2.24, 2.45) is 12.8 Å². The minimum absolute atomic E-state index is 0.369. The van der Waals surface area contributed by atoms with Crippen LogP contribution in [0.2, 0.25) is 0 Å². The summed E-state index contributed by atoms with van der Waals surface area (Å²) in [6, 6.07) is -1.11. The van der Waals surface area contributed by atoms with Crippen LogP contribution >= 0.6 is 0 Å². The van der Waals surface area contributed by atoms with Crippen molar-refractivity contribution in [3.63, 3.8) is 0 Å². The molecule has 15 heavy (non-hydrogen) atoms. The Labute approximate surface area is 83.0 Å². The van der Waals surface area contributed by atoms with Gasteiger partial charge in [-0.15, -0.1) is 0 Å². The molecule has 0 aliphatic carbocycles. The lowest BCUT2D eigenvalue weighted by atomic mass is 10.2. The van der Waals surface area contributed by atoms with Gasteiger partial charge in [0.1, 0.15) is 5.69 Å². The molecule has 0 aliphatic rings. The number of nitrogens with one attached hydrogen (secondary N) is 1. The lowest BCUT2D eigenvalue weighted by Crippen LogP contribution is -2.35. The molecular formula is C7H8F2N4O2. The van der Waals surface area contributed by atoms with Crippen molar-refractivity contribution < 1.29 is 18.4 Å². The standard InChI is InChI=1S/C7H8F2N4O2/c1-13-2-3(4(12-13)5(8)9)6(14)11-7(10)15/h2,5H,1H3,(H3,10,11,14,15). The molecule has 0 saturated heterocycles. The van der Waals surface area contributed by atoms with E-state index >= 15 is 0 Å². The van der Waals surface area contributed by atoms with Gasteiger partial charge in [-0.2, -0.15) is 5.10 Å². The highest BCUT2D eigenvalue weighted by Gasteiger charge is 2.23. The number of hydrogen-bond donors (Lipinski definition) is 2. The van der Waals surface area contributed by atoms with Gasteiger partial charge in [0.25, 0.3) is 12.3 Å². The first-order chi connectivity index (χ1) is 6.91. The maximum atomic E-state index is 12.4. The Morgan fingerprint density at radius 3 is 2.67 bits per heavy atom. The second-order valence-electron chi connectivity index (χ2n) is 2.72. The van der Waals surface area contributed by atoms with Crippen LogP contribution in [0.15, 0.2) is 6.20 Å². The summed E-state index contributed by atoms with van der Waals surface area (Å²) in [6.45, 7) is 0. The fourth-order valence-corrected chi connectivity index (χ4v) is 1.02. The van der Waals surface area contributed by atoms with Gasteiger partial charge in [0.15, 0.2) is 0 Å². The molecule has 1 heterocycles. The molecule has 0 radical (unpaired) electrons. The highest BCUT2D eigenvalue weighted by Crippen LogP contribution is 2.20. The van der Waals surface area contributed by atoms with Crippen molar-refractivity contribution in [2.45, 2.75) is 6.43 Å². The lowest BCUT2D eigenvalue weighted by molar-refractivity contribution is 0.0951. The van der Waals surface area contributed by atoms with Crippen LogP contribution < -0.4 is 11.1 Å². The van der Waals surface area contributed by atoms with Crippen molar-refractivity contribution in [1.29, 1.82) is 0 Å². The van der Waals surface area contributed by atoms with E-state index in [1.807, 2.05) is 0 Å². The van der Waals surface area contributed by atoms with Gasteiger partial charge in [0.2, 0.25) is 0 Å². The van der Waals surface area contributed by atoms with E-state index in [9.17, 15) is 18.4 Å². The maximum absolute atomic E-state index is 12.4. The molecule has 0 spiro atoms. The molecule has 0 aromatic carbocycles. The van der Waals surface area contributed by atoms with Crippen molar-refractivity contribution >= 4 is 11.9 Å². The normalized spacial score (nSPS) is 10.4. The molecule has 0 unspecified atom stereocenters. The third-order valence-corrected chi connectivity index (χ3v) is 1.55. The van der Waals surface area contributed by atoms with Crippen LogP contribution in [0.3, 0.4) is 0 Å². The van der Waals surface area contributed by atoms with Crippen LogP contribution in [0.25, 0.3) is 0 Å². The SMILES string of the molecule is Cn1cc(C(=O)NC(N)=O)c(C(F)F)n1. The summed E-state index contributed by atoms with van der Waals surface area (Å²) in [5.41, 5.74) is 3.62. The molecule has 0 aliphatic heterocycles. The van der Waals surface area contributed by atoms with Crippen molar-refractivity contribution in [3.05, 3.63) is 17.5 Å². The van der Waals surface area contributed by atoms with Gasteiger partial charge in [-0.3, -0.25) is 14.8 Å². The number of amides is 3. The first kappa shape index (κ1) is 11.1. The summed E-state index contributed by atoms with van der Waals surface area (Å²) in [6.07, 6.45) is -1.81. The van der Waals surface area contributed by atoms with Gasteiger partial charge in [-0.1, -0.05) is 0 Å². The average Bonchev–Trinajstić information content (AvgIpc) is 2.46. The molecule has 6 nitrogen and oxygen atoms in total. The summed E-state index contributed by atoms with van der Waals surface area (Å²) in [5, 5.41) is 5.07. The second-order valence-corrected chi connectivity index (χ2v) is 2.72. The number of imide groups is 1. The van der Waals surface area contributed by atoms with Crippen molar-refractivity contribution in [2.75, 3.05) is 0 Å². The van der Waals surface area contributed by atoms with Crippen molar-refractivity contribution in [1.82, 2.24) is 15.1 Å². The number of aromatic nitrogens is 2. The van der Waals surface area contributed by atoms with Gasteiger partial charge in [0.05, 0.1) is 5.56 Å². The average molecular weight is 218 g/mol. The monoisotopic (exact) mass is 218 g/mol. The fraction of sp³-hybridized carbons (Fsp3) is 0.286. The van der Waals surface area contributed by atoms with Gasteiger partial charge >= 0.3 is 6.03 Å². The van der Waals surface area contributed by atoms with E-state index in [0.717, 1.165) is 10.9 Å². The van der Waals surface area contributed by atoms with E-state index < -0.39 is 24.1 Å².